The fraction of sp³-hybridized carbons (Fsp3) is 0.889. The topological polar surface area (TPSA) is 29.5 Å². The van der Waals surface area contributed by atoms with Crippen LogP contribution in [0, 0.1) is 5.41 Å². The second kappa shape index (κ2) is 2.73. The van der Waals surface area contributed by atoms with Gasteiger partial charge in [0.2, 0.25) is 0 Å². The Kier molecular flexibility index (Phi) is 1.83. The van der Waals surface area contributed by atoms with Gasteiger partial charge in [-0.1, -0.05) is 6.92 Å². The van der Waals surface area contributed by atoms with Crippen molar-refractivity contribution in [3.8, 4) is 0 Å². The van der Waals surface area contributed by atoms with E-state index in [4.69, 9.17) is 4.84 Å². The Morgan fingerprint density at radius 1 is 1.42 bits per heavy atom. The first-order valence-electron chi connectivity index (χ1n) is 4.67. The highest BCUT2D eigenvalue weighted by atomic mass is 16.7. The molecule has 0 N–H and O–H groups in total. The van der Waals surface area contributed by atoms with Crippen LogP contribution >= 0.6 is 0 Å². The Morgan fingerprint density at radius 2 is 2.17 bits per heavy atom. The van der Waals surface area contributed by atoms with E-state index in [0.717, 1.165) is 32.2 Å². The maximum absolute atomic E-state index is 11.7. The van der Waals surface area contributed by atoms with Crippen molar-refractivity contribution in [1.82, 2.24) is 5.06 Å². The minimum atomic E-state index is -0.0721. The molecular weight excluding hydrogens is 154 g/mol. The maximum atomic E-state index is 11.7. The van der Waals surface area contributed by atoms with Crippen LogP contribution in [0.4, 0.5) is 0 Å². The van der Waals surface area contributed by atoms with E-state index in [1.807, 2.05) is 6.92 Å². The van der Waals surface area contributed by atoms with Crippen LogP contribution in [0.3, 0.4) is 0 Å². The molecule has 0 aromatic rings. The van der Waals surface area contributed by atoms with Gasteiger partial charge in [0.25, 0.3) is 5.91 Å². The Labute approximate surface area is 72.6 Å². The van der Waals surface area contributed by atoms with Crippen molar-refractivity contribution >= 4 is 5.91 Å². The van der Waals surface area contributed by atoms with Gasteiger partial charge in [0.15, 0.2) is 0 Å². The zero-order valence-corrected chi connectivity index (χ0v) is 7.51. The minimum Gasteiger partial charge on any atom is -0.272 e. The van der Waals surface area contributed by atoms with Gasteiger partial charge < -0.3 is 0 Å². The lowest BCUT2D eigenvalue weighted by Crippen LogP contribution is -2.39. The number of hydroxylamine groups is 2. The van der Waals surface area contributed by atoms with Crippen LogP contribution < -0.4 is 0 Å². The Morgan fingerprint density at radius 3 is 2.67 bits per heavy atom. The molecule has 1 saturated heterocycles. The van der Waals surface area contributed by atoms with Crippen molar-refractivity contribution in [2.45, 2.75) is 32.6 Å². The van der Waals surface area contributed by atoms with Crippen LogP contribution in [0.5, 0.6) is 0 Å². The van der Waals surface area contributed by atoms with Crippen LogP contribution in [0.2, 0.25) is 0 Å². The fourth-order valence-electron chi connectivity index (χ4n) is 1.46. The van der Waals surface area contributed by atoms with E-state index in [2.05, 4.69) is 0 Å². The predicted octanol–water partition coefficient (Wildman–Crippen LogP) is 1.34. The molecule has 0 radical (unpaired) electrons. The third-order valence-electron chi connectivity index (χ3n) is 2.75. The molecule has 0 bridgehead atoms. The van der Waals surface area contributed by atoms with E-state index in [1.165, 1.54) is 0 Å². The van der Waals surface area contributed by atoms with Gasteiger partial charge in [-0.2, -0.15) is 0 Å². The Bertz CT molecular complexity index is 193. The summed E-state index contributed by atoms with van der Waals surface area (Å²) in [5, 5.41) is 1.57. The molecule has 0 aromatic heterocycles. The lowest BCUT2D eigenvalue weighted by atomic mass is 10.1. The van der Waals surface area contributed by atoms with E-state index < -0.39 is 0 Å². The van der Waals surface area contributed by atoms with Crippen LogP contribution in [0.1, 0.15) is 32.6 Å². The molecule has 1 amide bonds. The first kappa shape index (κ1) is 8.05. The number of nitrogens with zero attached hydrogens (tertiary/aromatic N) is 1. The lowest BCUT2D eigenvalue weighted by molar-refractivity contribution is -0.202. The number of amides is 1. The van der Waals surface area contributed by atoms with Crippen LogP contribution in [-0.2, 0) is 9.63 Å². The molecule has 1 saturated carbocycles. The molecule has 0 unspecified atom stereocenters. The summed E-state index contributed by atoms with van der Waals surface area (Å²) < 4.78 is 0. The molecule has 0 aromatic carbocycles. The molecule has 1 aliphatic carbocycles. The van der Waals surface area contributed by atoms with Gasteiger partial charge in [0.05, 0.1) is 6.61 Å². The predicted molar refractivity (Wildman–Crippen MR) is 44.2 cm³/mol. The number of rotatable bonds is 1. The quantitative estimate of drug-likeness (QED) is 0.593. The summed E-state index contributed by atoms with van der Waals surface area (Å²) in [6.45, 7) is 3.52. The molecule has 1 heterocycles. The highest BCUT2D eigenvalue weighted by Gasteiger charge is 2.47. The van der Waals surface area contributed by atoms with Gasteiger partial charge >= 0.3 is 0 Å². The van der Waals surface area contributed by atoms with Gasteiger partial charge in [-0.25, -0.2) is 5.06 Å². The summed E-state index contributed by atoms with van der Waals surface area (Å²) >= 11 is 0. The van der Waals surface area contributed by atoms with E-state index in [0.29, 0.717) is 6.61 Å². The summed E-state index contributed by atoms with van der Waals surface area (Å²) in [7, 11) is 0. The molecular formula is C9H15NO2. The average Bonchev–Trinajstić information content (AvgIpc) is 2.85. The standard InChI is InChI=1S/C9H15NO2/c1-9(4-5-9)8(11)10-6-2-3-7-12-10/h2-7H2,1H3. The highest BCUT2D eigenvalue weighted by molar-refractivity contribution is 5.84. The average molecular weight is 169 g/mol. The Balaban J connectivity index is 1.94. The lowest BCUT2D eigenvalue weighted by Gasteiger charge is -2.28. The van der Waals surface area contributed by atoms with Crippen molar-refractivity contribution in [2.24, 2.45) is 5.41 Å². The Hall–Kier alpha value is -0.570. The van der Waals surface area contributed by atoms with Crippen molar-refractivity contribution < 1.29 is 9.63 Å². The van der Waals surface area contributed by atoms with Gasteiger partial charge in [-0.05, 0) is 25.7 Å². The van der Waals surface area contributed by atoms with Crippen molar-refractivity contribution in [3.05, 3.63) is 0 Å². The molecule has 0 spiro atoms. The number of hydrogen-bond acceptors (Lipinski definition) is 2. The first-order valence-corrected chi connectivity index (χ1v) is 4.67. The normalized spacial score (nSPS) is 26.9. The second-order valence-corrected chi connectivity index (χ2v) is 4.01. The minimum absolute atomic E-state index is 0.0721. The molecule has 3 heteroatoms. The highest BCUT2D eigenvalue weighted by Crippen LogP contribution is 2.46. The number of carbonyl (C=O) groups excluding carboxylic acids is 1. The van der Waals surface area contributed by atoms with E-state index in [1.54, 1.807) is 5.06 Å². The molecule has 1 aliphatic heterocycles. The molecule has 0 atom stereocenters. The molecule has 2 fully saturated rings. The van der Waals surface area contributed by atoms with Crippen molar-refractivity contribution in [3.63, 3.8) is 0 Å². The zero-order valence-electron chi connectivity index (χ0n) is 7.51. The third-order valence-corrected chi connectivity index (χ3v) is 2.75. The largest absolute Gasteiger partial charge is 0.272 e. The van der Waals surface area contributed by atoms with E-state index >= 15 is 0 Å². The van der Waals surface area contributed by atoms with Gasteiger partial charge in [0.1, 0.15) is 0 Å². The molecule has 2 rings (SSSR count). The zero-order chi connectivity index (χ0) is 8.60. The van der Waals surface area contributed by atoms with E-state index in [-0.39, 0.29) is 11.3 Å². The molecule has 2 aliphatic rings. The summed E-state index contributed by atoms with van der Waals surface area (Å²) in [6, 6.07) is 0. The van der Waals surface area contributed by atoms with E-state index in [9.17, 15) is 4.79 Å². The summed E-state index contributed by atoms with van der Waals surface area (Å²) in [4.78, 5) is 17.0. The van der Waals surface area contributed by atoms with Crippen LogP contribution in [-0.4, -0.2) is 24.1 Å². The van der Waals surface area contributed by atoms with Crippen LogP contribution in [0.15, 0.2) is 0 Å². The number of carbonyl (C=O) groups is 1. The molecule has 68 valence electrons. The van der Waals surface area contributed by atoms with Crippen molar-refractivity contribution in [1.29, 1.82) is 0 Å². The first-order chi connectivity index (χ1) is 5.72. The fourth-order valence-corrected chi connectivity index (χ4v) is 1.46. The van der Waals surface area contributed by atoms with Gasteiger partial charge in [-0.3, -0.25) is 9.63 Å². The molecule has 3 nitrogen and oxygen atoms in total. The monoisotopic (exact) mass is 169 g/mol. The van der Waals surface area contributed by atoms with Crippen LogP contribution in [0.25, 0.3) is 0 Å². The smallest absolute Gasteiger partial charge is 0.252 e. The van der Waals surface area contributed by atoms with Crippen molar-refractivity contribution in [2.75, 3.05) is 13.2 Å². The third kappa shape index (κ3) is 1.33. The van der Waals surface area contributed by atoms with Gasteiger partial charge in [0, 0.05) is 12.0 Å². The summed E-state index contributed by atoms with van der Waals surface area (Å²) in [5.74, 6) is 0.196. The second-order valence-electron chi connectivity index (χ2n) is 4.01. The SMILES string of the molecule is CC1(C(=O)N2CCCCO2)CC1. The summed E-state index contributed by atoms with van der Waals surface area (Å²) in [6.07, 6.45) is 4.24. The summed E-state index contributed by atoms with van der Waals surface area (Å²) in [5.41, 5.74) is -0.0721. The number of hydrogen-bond donors (Lipinski definition) is 0. The maximum Gasteiger partial charge on any atom is 0.252 e. The van der Waals surface area contributed by atoms with Gasteiger partial charge in [-0.15, -0.1) is 0 Å². The molecule has 12 heavy (non-hydrogen) atoms.